The van der Waals surface area contributed by atoms with Crippen LogP contribution in [0.2, 0.25) is 0 Å². The SMILES string of the molecule is CN=C(NCc1ccc(F)cc1C(F)(F)F)NCC1(S(C)(=O)=O)CCOCC1.I. The molecule has 29 heavy (non-hydrogen) atoms. The van der Waals surface area contributed by atoms with Crippen molar-refractivity contribution < 1.29 is 30.7 Å². The lowest BCUT2D eigenvalue weighted by Gasteiger charge is -2.35. The van der Waals surface area contributed by atoms with Crippen LogP contribution < -0.4 is 10.6 Å². The molecule has 0 atom stereocenters. The van der Waals surface area contributed by atoms with Gasteiger partial charge in [-0.3, -0.25) is 4.99 Å². The molecule has 0 amide bonds. The van der Waals surface area contributed by atoms with Crippen LogP contribution >= 0.6 is 24.0 Å². The van der Waals surface area contributed by atoms with Gasteiger partial charge in [-0.2, -0.15) is 13.2 Å². The van der Waals surface area contributed by atoms with E-state index >= 15 is 0 Å². The van der Waals surface area contributed by atoms with Crippen molar-refractivity contribution in [2.24, 2.45) is 4.99 Å². The topological polar surface area (TPSA) is 79.8 Å². The zero-order valence-electron chi connectivity index (χ0n) is 16.0. The zero-order valence-corrected chi connectivity index (χ0v) is 19.1. The summed E-state index contributed by atoms with van der Waals surface area (Å²) in [6.45, 7) is 0.408. The normalized spacial score (nSPS) is 17.4. The molecule has 166 valence electrons. The van der Waals surface area contributed by atoms with Crippen LogP contribution in [0, 0.1) is 5.82 Å². The number of aliphatic imine (C=N–C) groups is 1. The maximum Gasteiger partial charge on any atom is 0.416 e. The molecule has 1 heterocycles. The van der Waals surface area contributed by atoms with Gasteiger partial charge in [-0.15, -0.1) is 24.0 Å². The third-order valence-electron chi connectivity index (χ3n) is 4.82. The fourth-order valence-electron chi connectivity index (χ4n) is 3.03. The van der Waals surface area contributed by atoms with E-state index in [-0.39, 0.29) is 48.6 Å². The van der Waals surface area contributed by atoms with Gasteiger partial charge in [0.05, 0.1) is 10.3 Å². The number of nitrogens with one attached hydrogen (secondary N) is 2. The van der Waals surface area contributed by atoms with Gasteiger partial charge in [0.15, 0.2) is 15.8 Å². The van der Waals surface area contributed by atoms with Crippen molar-refractivity contribution in [1.82, 2.24) is 10.6 Å². The lowest BCUT2D eigenvalue weighted by Crippen LogP contribution is -2.53. The number of sulfone groups is 1. The smallest absolute Gasteiger partial charge is 0.381 e. The number of rotatable bonds is 5. The molecule has 0 radical (unpaired) electrons. The zero-order chi connectivity index (χ0) is 21.0. The van der Waals surface area contributed by atoms with Crippen molar-refractivity contribution in [1.29, 1.82) is 0 Å². The quantitative estimate of drug-likeness (QED) is 0.254. The molecule has 1 saturated heterocycles. The number of hydrogen-bond donors (Lipinski definition) is 2. The number of nitrogens with zero attached hydrogens (tertiary/aromatic N) is 1. The van der Waals surface area contributed by atoms with Crippen LogP contribution in [0.4, 0.5) is 17.6 Å². The Morgan fingerprint density at radius 2 is 1.86 bits per heavy atom. The molecular weight excluding hydrogens is 529 g/mol. The first-order valence-corrected chi connectivity index (χ1v) is 10.5. The summed E-state index contributed by atoms with van der Waals surface area (Å²) in [6, 6.07) is 2.44. The lowest BCUT2D eigenvalue weighted by molar-refractivity contribution is -0.138. The van der Waals surface area contributed by atoms with Gasteiger partial charge in [-0.1, -0.05) is 6.07 Å². The van der Waals surface area contributed by atoms with E-state index in [0.717, 1.165) is 18.4 Å². The average Bonchev–Trinajstić information content (AvgIpc) is 2.62. The van der Waals surface area contributed by atoms with Crippen LogP contribution in [0.3, 0.4) is 0 Å². The first-order valence-electron chi connectivity index (χ1n) is 8.56. The molecule has 2 rings (SSSR count). The van der Waals surface area contributed by atoms with Gasteiger partial charge in [-0.05, 0) is 30.5 Å². The highest BCUT2D eigenvalue weighted by Gasteiger charge is 2.42. The summed E-state index contributed by atoms with van der Waals surface area (Å²) in [6.07, 6.45) is -2.92. The van der Waals surface area contributed by atoms with E-state index < -0.39 is 32.1 Å². The van der Waals surface area contributed by atoms with Gasteiger partial charge in [-0.25, -0.2) is 12.8 Å². The summed E-state index contributed by atoms with van der Waals surface area (Å²) < 4.78 is 81.2. The van der Waals surface area contributed by atoms with Gasteiger partial charge >= 0.3 is 6.18 Å². The Morgan fingerprint density at radius 3 is 2.38 bits per heavy atom. The predicted octanol–water partition coefficient (Wildman–Crippen LogP) is 2.72. The minimum Gasteiger partial charge on any atom is -0.381 e. The van der Waals surface area contributed by atoms with Gasteiger partial charge < -0.3 is 15.4 Å². The van der Waals surface area contributed by atoms with Crippen LogP contribution in [0.5, 0.6) is 0 Å². The second-order valence-electron chi connectivity index (χ2n) is 6.65. The highest BCUT2D eigenvalue weighted by molar-refractivity contribution is 14.0. The summed E-state index contributed by atoms with van der Waals surface area (Å²) in [5.74, 6) is -0.833. The number of halogens is 5. The second kappa shape index (κ2) is 10.2. The number of alkyl halides is 3. The number of ether oxygens (including phenoxy) is 1. The molecule has 0 unspecified atom stereocenters. The average molecular weight is 553 g/mol. The van der Waals surface area contributed by atoms with Crippen molar-refractivity contribution in [3.63, 3.8) is 0 Å². The van der Waals surface area contributed by atoms with Crippen molar-refractivity contribution in [2.75, 3.05) is 33.1 Å². The molecule has 2 N–H and O–H groups in total. The number of guanidine groups is 1. The third-order valence-corrected chi connectivity index (χ3v) is 6.94. The van der Waals surface area contributed by atoms with E-state index in [4.69, 9.17) is 4.74 Å². The third kappa shape index (κ3) is 6.67. The Hall–Kier alpha value is -1.15. The Bertz CT molecular complexity index is 826. The summed E-state index contributed by atoms with van der Waals surface area (Å²) in [5, 5.41) is 5.59. The standard InChI is InChI=1S/C17H23F4N3O3S.HI/c1-22-15(24-11-16(28(2,25)26)5-7-27-8-6-16)23-10-12-3-4-13(18)9-14(12)17(19,20)21;/h3-4,9H,5-8,10-11H2,1-2H3,(H2,22,23,24);1H. The molecule has 0 aliphatic carbocycles. The highest BCUT2D eigenvalue weighted by Crippen LogP contribution is 2.32. The fraction of sp³-hybridized carbons (Fsp3) is 0.588. The molecule has 1 aliphatic rings. The van der Waals surface area contributed by atoms with Crippen LogP contribution in [0.25, 0.3) is 0 Å². The van der Waals surface area contributed by atoms with Crippen molar-refractivity contribution in [2.45, 2.75) is 30.3 Å². The van der Waals surface area contributed by atoms with Crippen molar-refractivity contribution in [3.8, 4) is 0 Å². The van der Waals surface area contributed by atoms with Crippen LogP contribution in [0.15, 0.2) is 23.2 Å². The number of hydrogen-bond acceptors (Lipinski definition) is 4. The van der Waals surface area contributed by atoms with Crippen LogP contribution in [0.1, 0.15) is 24.0 Å². The van der Waals surface area contributed by atoms with Gasteiger partial charge in [0.1, 0.15) is 5.82 Å². The lowest BCUT2D eigenvalue weighted by atomic mass is 9.99. The van der Waals surface area contributed by atoms with Crippen LogP contribution in [-0.2, 0) is 27.3 Å². The summed E-state index contributed by atoms with van der Waals surface area (Å²) >= 11 is 0. The molecule has 0 bridgehead atoms. The monoisotopic (exact) mass is 553 g/mol. The summed E-state index contributed by atoms with van der Waals surface area (Å²) in [4.78, 5) is 3.92. The Balaban J connectivity index is 0.00000420. The minimum absolute atomic E-state index is 0. The maximum atomic E-state index is 13.2. The van der Waals surface area contributed by atoms with E-state index in [1.807, 2.05) is 0 Å². The Labute approximate surface area is 184 Å². The van der Waals surface area contributed by atoms with E-state index in [1.165, 1.54) is 7.05 Å². The van der Waals surface area contributed by atoms with E-state index in [2.05, 4.69) is 15.6 Å². The van der Waals surface area contributed by atoms with Crippen LogP contribution in [-0.4, -0.2) is 52.2 Å². The van der Waals surface area contributed by atoms with E-state index in [0.29, 0.717) is 32.1 Å². The second-order valence-corrected chi connectivity index (χ2v) is 9.06. The molecule has 1 aromatic carbocycles. The summed E-state index contributed by atoms with van der Waals surface area (Å²) in [7, 11) is -1.99. The minimum atomic E-state index is -4.70. The first-order chi connectivity index (χ1) is 13.0. The van der Waals surface area contributed by atoms with Gasteiger partial charge in [0.25, 0.3) is 0 Å². The van der Waals surface area contributed by atoms with Crippen molar-refractivity contribution >= 4 is 39.8 Å². The predicted molar refractivity (Wildman–Crippen MR) is 113 cm³/mol. The molecule has 0 saturated carbocycles. The van der Waals surface area contributed by atoms with Gasteiger partial charge in [0, 0.05) is 39.6 Å². The molecule has 1 aliphatic heterocycles. The van der Waals surface area contributed by atoms with E-state index in [1.54, 1.807) is 0 Å². The Morgan fingerprint density at radius 1 is 1.24 bits per heavy atom. The first kappa shape index (κ1) is 25.9. The molecule has 6 nitrogen and oxygen atoms in total. The van der Waals surface area contributed by atoms with Gasteiger partial charge in [0.2, 0.25) is 0 Å². The van der Waals surface area contributed by atoms with E-state index in [9.17, 15) is 26.0 Å². The maximum absolute atomic E-state index is 13.2. The molecule has 1 fully saturated rings. The molecule has 0 aromatic heterocycles. The Kier molecular flexibility index (Phi) is 9.14. The summed E-state index contributed by atoms with van der Waals surface area (Å²) in [5.41, 5.74) is -1.23. The fourth-order valence-corrected chi connectivity index (χ4v) is 4.28. The molecule has 0 spiro atoms. The molecule has 1 aromatic rings. The molecule has 12 heteroatoms. The highest BCUT2D eigenvalue weighted by atomic mass is 127. The largest absolute Gasteiger partial charge is 0.416 e. The number of benzene rings is 1. The molecular formula is C17H24F4IN3O3S. The van der Waals surface area contributed by atoms with Crippen molar-refractivity contribution in [3.05, 3.63) is 35.1 Å².